The van der Waals surface area contributed by atoms with Gasteiger partial charge in [-0.25, -0.2) is 4.79 Å². The van der Waals surface area contributed by atoms with Gasteiger partial charge in [0.1, 0.15) is 11.3 Å². The zero-order chi connectivity index (χ0) is 19.6. The highest BCUT2D eigenvalue weighted by Crippen LogP contribution is 2.30. The molecule has 0 aliphatic carbocycles. The van der Waals surface area contributed by atoms with Gasteiger partial charge >= 0.3 is 6.03 Å². The van der Waals surface area contributed by atoms with Crippen LogP contribution in [0, 0.1) is 0 Å². The van der Waals surface area contributed by atoms with Gasteiger partial charge in [-0.1, -0.05) is 28.1 Å². The smallest absolute Gasteiger partial charge is 0.325 e. The third kappa shape index (κ3) is 3.73. The summed E-state index contributed by atoms with van der Waals surface area (Å²) >= 11 is 3.37. The van der Waals surface area contributed by atoms with Gasteiger partial charge in [0.05, 0.1) is 13.2 Å². The molecule has 2 aromatic rings. The SMILES string of the molecule is CCOc1ccc(C(=O)CN2C(=O)N[C@@](C)(c3cccc(Br)c3)C2=O)cc1. The molecule has 3 rings (SSSR count). The van der Waals surface area contributed by atoms with E-state index in [0.29, 0.717) is 23.5 Å². The Balaban J connectivity index is 1.78. The second kappa shape index (κ2) is 7.52. The standard InChI is InChI=1S/C20H19BrN2O4/c1-3-27-16-9-7-13(8-10-16)17(24)12-23-18(25)20(2,22-19(23)26)14-5-4-6-15(21)11-14/h4-11H,3,12H2,1-2H3,(H,22,26)/t20-/m0/s1. The number of Topliss-reactive ketones (excluding diaryl/α,β-unsaturated/α-hetero) is 1. The van der Waals surface area contributed by atoms with Crippen LogP contribution < -0.4 is 10.1 Å². The second-order valence-corrected chi connectivity index (χ2v) is 7.25. The van der Waals surface area contributed by atoms with Gasteiger partial charge in [-0.3, -0.25) is 14.5 Å². The van der Waals surface area contributed by atoms with E-state index in [1.54, 1.807) is 49.4 Å². The van der Waals surface area contributed by atoms with Crippen LogP contribution >= 0.6 is 15.9 Å². The van der Waals surface area contributed by atoms with Crippen molar-refractivity contribution in [3.05, 3.63) is 64.1 Å². The molecule has 2 aromatic carbocycles. The summed E-state index contributed by atoms with van der Waals surface area (Å²) in [5, 5.41) is 2.70. The van der Waals surface area contributed by atoms with Crippen molar-refractivity contribution in [2.75, 3.05) is 13.2 Å². The molecule has 7 heteroatoms. The van der Waals surface area contributed by atoms with Crippen LogP contribution in [-0.2, 0) is 10.3 Å². The molecule has 1 saturated heterocycles. The first kappa shape index (κ1) is 19.1. The van der Waals surface area contributed by atoms with Crippen molar-refractivity contribution >= 4 is 33.7 Å². The highest BCUT2D eigenvalue weighted by molar-refractivity contribution is 9.10. The number of amides is 3. The van der Waals surface area contributed by atoms with Crippen molar-refractivity contribution in [2.45, 2.75) is 19.4 Å². The van der Waals surface area contributed by atoms with Crippen LogP contribution in [0.25, 0.3) is 0 Å². The summed E-state index contributed by atoms with van der Waals surface area (Å²) in [6, 6.07) is 13.2. The van der Waals surface area contributed by atoms with Gasteiger partial charge in [0.25, 0.3) is 5.91 Å². The van der Waals surface area contributed by atoms with Crippen molar-refractivity contribution in [1.29, 1.82) is 0 Å². The number of carbonyl (C=O) groups is 3. The van der Waals surface area contributed by atoms with Crippen molar-refractivity contribution in [3.8, 4) is 5.75 Å². The van der Waals surface area contributed by atoms with E-state index in [1.165, 1.54) is 0 Å². The van der Waals surface area contributed by atoms with Crippen LogP contribution in [0.15, 0.2) is 53.0 Å². The number of benzene rings is 2. The van der Waals surface area contributed by atoms with Gasteiger partial charge in [-0.15, -0.1) is 0 Å². The fraction of sp³-hybridized carbons (Fsp3) is 0.250. The molecule has 0 saturated carbocycles. The Labute approximate surface area is 165 Å². The number of nitrogens with zero attached hydrogens (tertiary/aromatic N) is 1. The van der Waals surface area contributed by atoms with Gasteiger partial charge in [-0.05, 0) is 55.8 Å². The van der Waals surface area contributed by atoms with E-state index < -0.39 is 17.5 Å². The summed E-state index contributed by atoms with van der Waals surface area (Å²) in [4.78, 5) is 38.8. The molecule has 0 spiro atoms. The number of rotatable bonds is 6. The lowest BCUT2D eigenvalue weighted by Gasteiger charge is -2.22. The van der Waals surface area contributed by atoms with Crippen LogP contribution in [0.5, 0.6) is 5.75 Å². The molecule has 1 aliphatic heterocycles. The first-order valence-electron chi connectivity index (χ1n) is 8.51. The van der Waals surface area contributed by atoms with E-state index in [0.717, 1.165) is 9.37 Å². The Morgan fingerprint density at radius 1 is 1.19 bits per heavy atom. The Kier molecular flexibility index (Phi) is 5.32. The first-order valence-corrected chi connectivity index (χ1v) is 9.30. The van der Waals surface area contributed by atoms with Crippen LogP contribution in [-0.4, -0.2) is 35.8 Å². The topological polar surface area (TPSA) is 75.7 Å². The largest absolute Gasteiger partial charge is 0.494 e. The Hall–Kier alpha value is -2.67. The van der Waals surface area contributed by atoms with Gasteiger partial charge in [0.2, 0.25) is 0 Å². The van der Waals surface area contributed by atoms with Gasteiger partial charge < -0.3 is 10.1 Å². The lowest BCUT2D eigenvalue weighted by atomic mass is 9.92. The quantitative estimate of drug-likeness (QED) is 0.561. The average Bonchev–Trinajstić information content (AvgIpc) is 2.87. The number of halogens is 1. The fourth-order valence-corrected chi connectivity index (χ4v) is 3.37. The van der Waals surface area contributed by atoms with Crippen molar-refractivity contribution in [3.63, 3.8) is 0 Å². The number of hydrogen-bond acceptors (Lipinski definition) is 4. The zero-order valence-electron chi connectivity index (χ0n) is 15.0. The van der Waals surface area contributed by atoms with Crippen molar-refractivity contribution in [2.24, 2.45) is 0 Å². The number of urea groups is 1. The van der Waals surface area contributed by atoms with E-state index in [9.17, 15) is 14.4 Å². The van der Waals surface area contributed by atoms with Crippen LogP contribution in [0.2, 0.25) is 0 Å². The number of carbonyl (C=O) groups excluding carboxylic acids is 3. The normalized spacial score (nSPS) is 19.1. The minimum atomic E-state index is -1.21. The zero-order valence-corrected chi connectivity index (χ0v) is 16.6. The monoisotopic (exact) mass is 430 g/mol. The summed E-state index contributed by atoms with van der Waals surface area (Å²) in [6.45, 7) is 3.72. The third-order valence-corrected chi connectivity index (χ3v) is 4.96. The van der Waals surface area contributed by atoms with Gasteiger partial charge in [0.15, 0.2) is 5.78 Å². The van der Waals surface area contributed by atoms with E-state index in [4.69, 9.17) is 4.74 Å². The number of nitrogens with one attached hydrogen (secondary N) is 1. The number of hydrogen-bond donors (Lipinski definition) is 1. The first-order chi connectivity index (χ1) is 12.8. The molecule has 1 N–H and O–H groups in total. The Morgan fingerprint density at radius 2 is 1.89 bits per heavy atom. The summed E-state index contributed by atoms with van der Waals surface area (Å²) in [7, 11) is 0. The fourth-order valence-electron chi connectivity index (χ4n) is 2.97. The molecule has 1 fully saturated rings. The molecule has 0 unspecified atom stereocenters. The van der Waals surface area contributed by atoms with E-state index >= 15 is 0 Å². The van der Waals surface area contributed by atoms with Crippen LogP contribution in [0.1, 0.15) is 29.8 Å². The maximum absolute atomic E-state index is 12.9. The summed E-state index contributed by atoms with van der Waals surface area (Å²) in [5.41, 5.74) is -0.152. The average molecular weight is 431 g/mol. The predicted octanol–water partition coefficient (Wildman–Crippen LogP) is 3.50. The minimum Gasteiger partial charge on any atom is -0.494 e. The van der Waals surface area contributed by atoms with Gasteiger partial charge in [-0.2, -0.15) is 0 Å². The van der Waals surface area contributed by atoms with Crippen LogP contribution in [0.3, 0.4) is 0 Å². The molecule has 1 atom stereocenters. The third-order valence-electron chi connectivity index (χ3n) is 4.47. The number of imide groups is 1. The highest BCUT2D eigenvalue weighted by atomic mass is 79.9. The molecule has 0 radical (unpaired) electrons. The Morgan fingerprint density at radius 3 is 2.52 bits per heavy atom. The van der Waals surface area contributed by atoms with Crippen molar-refractivity contribution in [1.82, 2.24) is 10.2 Å². The maximum Gasteiger partial charge on any atom is 0.325 e. The number of ketones is 1. The van der Waals surface area contributed by atoms with Crippen molar-refractivity contribution < 1.29 is 19.1 Å². The Bertz CT molecular complexity index is 897. The molecule has 1 aliphatic rings. The highest BCUT2D eigenvalue weighted by Gasteiger charge is 2.49. The second-order valence-electron chi connectivity index (χ2n) is 6.34. The molecule has 6 nitrogen and oxygen atoms in total. The van der Waals surface area contributed by atoms with Gasteiger partial charge in [0, 0.05) is 10.0 Å². The molecule has 3 amide bonds. The lowest BCUT2D eigenvalue weighted by Crippen LogP contribution is -2.41. The maximum atomic E-state index is 12.9. The molecular weight excluding hydrogens is 412 g/mol. The molecule has 0 bridgehead atoms. The van der Waals surface area contributed by atoms with E-state index in [2.05, 4.69) is 21.2 Å². The summed E-state index contributed by atoms with van der Waals surface area (Å²) in [6.07, 6.45) is 0. The van der Waals surface area contributed by atoms with Crippen LogP contribution in [0.4, 0.5) is 4.79 Å². The molecule has 1 heterocycles. The lowest BCUT2D eigenvalue weighted by molar-refractivity contribution is -0.130. The molecule has 0 aromatic heterocycles. The summed E-state index contributed by atoms with van der Waals surface area (Å²) < 4.78 is 6.15. The minimum absolute atomic E-state index is 0.317. The summed E-state index contributed by atoms with van der Waals surface area (Å²) in [5.74, 6) is -0.115. The molecular formula is C20H19BrN2O4. The molecule has 140 valence electrons. The van der Waals surface area contributed by atoms with E-state index in [1.807, 2.05) is 13.0 Å². The van der Waals surface area contributed by atoms with E-state index in [-0.39, 0.29) is 12.3 Å². The predicted molar refractivity (Wildman–Crippen MR) is 104 cm³/mol. The number of ether oxygens (including phenoxy) is 1. The molecule has 27 heavy (non-hydrogen) atoms.